The zero-order chi connectivity index (χ0) is 17.3. The highest BCUT2D eigenvalue weighted by Crippen LogP contribution is 2.23. The third-order valence-electron chi connectivity index (χ3n) is 3.25. The van der Waals surface area contributed by atoms with Gasteiger partial charge in [-0.3, -0.25) is 4.79 Å². The second-order valence-corrected chi connectivity index (χ2v) is 7.17. The molecule has 128 valence electrons. The first-order chi connectivity index (χ1) is 11.7. The largest absolute Gasteiger partial charge is 0.382 e. The lowest BCUT2D eigenvalue weighted by Gasteiger charge is -2.10. The summed E-state index contributed by atoms with van der Waals surface area (Å²) in [5.74, 6) is -0.440. The molecule has 0 aliphatic rings. The number of amides is 1. The van der Waals surface area contributed by atoms with E-state index in [0.29, 0.717) is 23.0 Å². The molecule has 0 spiro atoms. The zero-order valence-corrected chi connectivity index (χ0v) is 14.4. The summed E-state index contributed by atoms with van der Waals surface area (Å²) in [5, 5.41) is 0. The molecule has 0 bridgehead atoms. The Morgan fingerprint density at radius 2 is 1.46 bits per heavy atom. The average Bonchev–Trinajstić information content (AvgIpc) is 2.63. The molecule has 0 saturated heterocycles. The summed E-state index contributed by atoms with van der Waals surface area (Å²) < 4.78 is 27.7. The minimum atomic E-state index is -3.00. The molecular weight excluding hydrogens is 326 g/mol. The molecule has 0 saturated carbocycles. The van der Waals surface area contributed by atoms with Crippen LogP contribution in [0, 0.1) is 0 Å². The Labute approximate surface area is 142 Å². The number of carbonyl (C=O) groups excluding carboxylic acids is 1. The molecule has 0 N–H and O–H groups in total. The van der Waals surface area contributed by atoms with Crippen LogP contribution in [0.1, 0.15) is 6.42 Å². The van der Waals surface area contributed by atoms with Gasteiger partial charge < -0.3 is 9.47 Å². The van der Waals surface area contributed by atoms with Gasteiger partial charge in [-0.1, -0.05) is 36.4 Å². The van der Waals surface area contributed by atoms with E-state index in [1.165, 1.54) is 0 Å². The maximum atomic E-state index is 13.5. The first kappa shape index (κ1) is 18.3. The van der Waals surface area contributed by atoms with Crippen LogP contribution in [0.25, 0.3) is 0 Å². The normalized spacial score (nSPS) is 11.2. The average molecular weight is 347 g/mol. The van der Waals surface area contributed by atoms with Gasteiger partial charge in [0.25, 0.3) is 5.91 Å². The van der Waals surface area contributed by atoms with E-state index in [4.69, 9.17) is 9.47 Å². The van der Waals surface area contributed by atoms with Crippen LogP contribution in [0.2, 0.25) is 0 Å². The van der Waals surface area contributed by atoms with Gasteiger partial charge in [-0.05, 0) is 24.3 Å². The summed E-state index contributed by atoms with van der Waals surface area (Å²) in [7, 11) is -1.42. The minimum absolute atomic E-state index is 0.0837. The van der Waals surface area contributed by atoms with Crippen molar-refractivity contribution in [1.29, 1.82) is 0 Å². The van der Waals surface area contributed by atoms with E-state index in [-0.39, 0.29) is 13.0 Å². The molecule has 5 nitrogen and oxygen atoms in total. The van der Waals surface area contributed by atoms with Crippen molar-refractivity contribution < 1.29 is 18.5 Å². The van der Waals surface area contributed by atoms with Crippen molar-refractivity contribution in [3.8, 4) is 0 Å². The third-order valence-corrected chi connectivity index (χ3v) is 5.53. The van der Waals surface area contributed by atoms with E-state index in [1.807, 2.05) is 12.1 Å². The van der Waals surface area contributed by atoms with E-state index in [2.05, 4.69) is 4.36 Å². The summed E-state index contributed by atoms with van der Waals surface area (Å²) in [6.45, 7) is 1.11. The Bertz CT molecular complexity index is 708. The smallest absolute Gasteiger partial charge is 0.256 e. The van der Waals surface area contributed by atoms with Gasteiger partial charge in [0.1, 0.15) is 9.73 Å². The van der Waals surface area contributed by atoms with E-state index in [9.17, 15) is 9.00 Å². The van der Waals surface area contributed by atoms with Crippen molar-refractivity contribution in [3.63, 3.8) is 0 Å². The third kappa shape index (κ3) is 4.99. The predicted molar refractivity (Wildman–Crippen MR) is 92.3 cm³/mol. The van der Waals surface area contributed by atoms with Gasteiger partial charge in [0.2, 0.25) is 0 Å². The minimum Gasteiger partial charge on any atom is -0.382 e. The lowest BCUT2D eigenvalue weighted by molar-refractivity contribution is -0.118. The number of methoxy groups -OCH3 is 1. The molecule has 2 rings (SSSR count). The van der Waals surface area contributed by atoms with E-state index in [1.54, 1.807) is 55.6 Å². The Balaban J connectivity index is 2.24. The van der Waals surface area contributed by atoms with Crippen LogP contribution in [0.3, 0.4) is 0 Å². The lowest BCUT2D eigenvalue weighted by Crippen LogP contribution is -2.10. The Morgan fingerprint density at radius 1 is 0.917 bits per heavy atom. The molecule has 0 fully saturated rings. The number of nitrogens with zero attached hydrogens (tertiary/aromatic N) is 1. The second kappa shape index (κ2) is 9.32. The monoisotopic (exact) mass is 347 g/mol. The number of benzene rings is 2. The molecule has 24 heavy (non-hydrogen) atoms. The Hall–Kier alpha value is -2.02. The zero-order valence-electron chi connectivity index (χ0n) is 13.6. The quantitative estimate of drug-likeness (QED) is 0.688. The van der Waals surface area contributed by atoms with Crippen LogP contribution < -0.4 is 0 Å². The molecule has 2 aromatic rings. The van der Waals surface area contributed by atoms with Crippen LogP contribution in [0.4, 0.5) is 0 Å². The van der Waals surface area contributed by atoms with Crippen molar-refractivity contribution in [1.82, 2.24) is 0 Å². The molecule has 2 aromatic carbocycles. The highest BCUT2D eigenvalue weighted by atomic mass is 32.2. The fourth-order valence-corrected chi connectivity index (χ4v) is 3.96. The maximum absolute atomic E-state index is 13.5. The number of rotatable bonds is 8. The van der Waals surface area contributed by atoms with Gasteiger partial charge in [0, 0.05) is 7.11 Å². The van der Waals surface area contributed by atoms with Crippen LogP contribution >= 0.6 is 0 Å². The predicted octanol–water partition coefficient (Wildman–Crippen LogP) is 3.15. The summed E-state index contributed by atoms with van der Waals surface area (Å²) in [6, 6.07) is 17.7. The van der Waals surface area contributed by atoms with Gasteiger partial charge in [0.15, 0.2) is 0 Å². The highest BCUT2D eigenvalue weighted by Gasteiger charge is 2.17. The van der Waals surface area contributed by atoms with Crippen molar-refractivity contribution >= 4 is 15.6 Å². The van der Waals surface area contributed by atoms with Gasteiger partial charge in [-0.15, -0.1) is 0 Å². The van der Waals surface area contributed by atoms with E-state index < -0.39 is 15.6 Å². The van der Waals surface area contributed by atoms with Crippen molar-refractivity contribution in [2.75, 3.05) is 26.9 Å². The summed E-state index contributed by atoms with van der Waals surface area (Å²) in [4.78, 5) is 13.2. The molecule has 0 atom stereocenters. The molecule has 1 amide bonds. The summed E-state index contributed by atoms with van der Waals surface area (Å²) >= 11 is 0. The fraction of sp³-hybridized carbons (Fsp3) is 0.278. The first-order valence-corrected chi connectivity index (χ1v) is 9.15. The van der Waals surface area contributed by atoms with E-state index in [0.717, 1.165) is 0 Å². The van der Waals surface area contributed by atoms with Crippen LogP contribution in [-0.2, 0) is 24.0 Å². The summed E-state index contributed by atoms with van der Waals surface area (Å²) in [6.07, 6.45) is 0.0837. The van der Waals surface area contributed by atoms with Crippen molar-refractivity contribution in [2.24, 2.45) is 4.36 Å². The Kier molecular flexibility index (Phi) is 7.11. The Morgan fingerprint density at radius 3 is 1.96 bits per heavy atom. The van der Waals surface area contributed by atoms with Crippen LogP contribution in [0.15, 0.2) is 74.8 Å². The molecule has 0 aromatic heterocycles. The highest BCUT2D eigenvalue weighted by molar-refractivity contribution is 7.94. The van der Waals surface area contributed by atoms with Crippen LogP contribution in [-0.4, -0.2) is 37.0 Å². The molecular formula is C18H21NO4S. The van der Waals surface area contributed by atoms with Crippen molar-refractivity contribution in [2.45, 2.75) is 16.2 Å². The number of hydrogen-bond donors (Lipinski definition) is 0. The number of hydrogen-bond acceptors (Lipinski definition) is 4. The number of carbonyl (C=O) groups is 1. The van der Waals surface area contributed by atoms with Crippen molar-refractivity contribution in [3.05, 3.63) is 60.7 Å². The summed E-state index contributed by atoms with van der Waals surface area (Å²) in [5.41, 5.74) is 0. The molecule has 0 heterocycles. The molecule has 0 aliphatic carbocycles. The molecule has 0 aliphatic heterocycles. The molecule has 0 unspecified atom stereocenters. The fourth-order valence-electron chi connectivity index (χ4n) is 2.04. The maximum Gasteiger partial charge on any atom is 0.256 e. The SMILES string of the molecule is COCCOCCC(=O)N=S(=O)(c1ccccc1)c1ccccc1. The molecule has 6 heteroatoms. The standard InChI is InChI=1S/C18H21NO4S/c1-22-14-15-23-13-12-18(20)19-24(21,16-8-4-2-5-9-16)17-10-6-3-7-11-17/h2-11H,12-15H2,1H3. The number of ether oxygens (including phenoxy) is 2. The lowest BCUT2D eigenvalue weighted by atomic mass is 10.4. The topological polar surface area (TPSA) is 65.0 Å². The molecule has 0 radical (unpaired) electrons. The van der Waals surface area contributed by atoms with Gasteiger partial charge >= 0.3 is 0 Å². The first-order valence-electron chi connectivity index (χ1n) is 7.63. The van der Waals surface area contributed by atoms with Gasteiger partial charge in [-0.25, -0.2) is 4.21 Å². The van der Waals surface area contributed by atoms with Gasteiger partial charge in [0.05, 0.1) is 36.0 Å². The van der Waals surface area contributed by atoms with Crippen LogP contribution in [0.5, 0.6) is 0 Å². The van der Waals surface area contributed by atoms with E-state index >= 15 is 0 Å². The second-order valence-electron chi connectivity index (χ2n) is 4.99. The van der Waals surface area contributed by atoms with Gasteiger partial charge in [-0.2, -0.15) is 4.36 Å².